The molecule has 0 spiro atoms. The van der Waals surface area contributed by atoms with Gasteiger partial charge in [-0.2, -0.15) is 52.7 Å². The van der Waals surface area contributed by atoms with Crippen LogP contribution in [0.15, 0.2) is 48.5 Å². The summed E-state index contributed by atoms with van der Waals surface area (Å²) in [6, 6.07) is 16.7. The lowest BCUT2D eigenvalue weighted by Gasteiger charge is -2.28. The predicted molar refractivity (Wildman–Crippen MR) is 106 cm³/mol. The van der Waals surface area contributed by atoms with E-state index in [0.717, 1.165) is 14.2 Å². The van der Waals surface area contributed by atoms with Crippen LogP contribution in [0.3, 0.4) is 0 Å². The number of hydrogen-bond donors (Lipinski definition) is 4. The first-order chi connectivity index (χ1) is 16.0. The highest BCUT2D eigenvalue weighted by Crippen LogP contribution is 2.43. The molecule has 2 aromatic rings. The third kappa shape index (κ3) is 11.2. The van der Waals surface area contributed by atoms with Crippen molar-refractivity contribution in [1.82, 2.24) is 0 Å². The Kier molecular flexibility index (Phi) is 15.3. The van der Waals surface area contributed by atoms with Gasteiger partial charge in [-0.1, -0.05) is 48.5 Å². The van der Waals surface area contributed by atoms with E-state index >= 15 is 0 Å². The van der Waals surface area contributed by atoms with E-state index in [9.17, 15) is 52.7 Å². The maximum absolute atomic E-state index is 11.4. The van der Waals surface area contributed by atoms with Gasteiger partial charge >= 0.3 is 24.7 Å². The van der Waals surface area contributed by atoms with Crippen molar-refractivity contribution in [2.75, 3.05) is 14.2 Å². The number of aliphatic hydroxyl groups excluding tert-OH is 2. The van der Waals surface area contributed by atoms with E-state index in [-0.39, 0.29) is 13.8 Å². The van der Waals surface area contributed by atoms with Gasteiger partial charge in [0.05, 0.1) is 0 Å². The molecule has 0 fully saturated rings. The molecule has 0 aliphatic heterocycles. The number of halogens is 12. The number of benzene rings is 2. The van der Waals surface area contributed by atoms with Crippen molar-refractivity contribution >= 4 is 10.8 Å². The zero-order valence-corrected chi connectivity index (χ0v) is 18.9. The van der Waals surface area contributed by atoms with Crippen LogP contribution in [0.4, 0.5) is 52.7 Å². The molecule has 0 unspecified atom stereocenters. The Morgan fingerprint density at radius 3 is 0.639 bits per heavy atom. The highest BCUT2D eigenvalue weighted by Gasteiger charge is 2.67. The summed E-state index contributed by atoms with van der Waals surface area (Å²) in [6.45, 7) is -0.681. The highest BCUT2D eigenvalue weighted by atomic mass is 19.4. The molecule has 36 heavy (non-hydrogen) atoms. The topological polar surface area (TPSA) is 80.9 Å². The second kappa shape index (κ2) is 14.4. The third-order valence-electron chi connectivity index (χ3n) is 3.87. The molecule has 0 amide bonds. The molecule has 2 aromatic carbocycles. The molecule has 212 valence electrons. The average molecular weight is 556 g/mol. The van der Waals surface area contributed by atoms with Crippen LogP contribution in [0.5, 0.6) is 0 Å². The summed E-state index contributed by atoms with van der Waals surface area (Å²) in [5.41, 5.74) is -9.25. The molecule has 2 rings (SSSR count). The van der Waals surface area contributed by atoms with Crippen molar-refractivity contribution in [3.8, 4) is 0 Å². The van der Waals surface area contributed by atoms with Gasteiger partial charge in [-0.25, -0.2) is 0 Å². The summed E-state index contributed by atoms with van der Waals surface area (Å²) in [7, 11) is 2.00. The third-order valence-corrected chi connectivity index (χ3v) is 3.87. The lowest BCUT2D eigenvalue weighted by Crippen LogP contribution is -2.54. The Labute approximate surface area is 197 Å². The molecule has 4 nitrogen and oxygen atoms in total. The lowest BCUT2D eigenvalue weighted by atomic mass is 10.1. The van der Waals surface area contributed by atoms with E-state index in [1.165, 1.54) is 10.8 Å². The average Bonchev–Trinajstić information content (AvgIpc) is 2.74. The van der Waals surface area contributed by atoms with Crippen molar-refractivity contribution in [3.05, 3.63) is 48.5 Å². The Morgan fingerprint density at radius 2 is 0.556 bits per heavy atom. The maximum atomic E-state index is 11.4. The Balaban J connectivity index is -0.000000423. The molecule has 0 aromatic heterocycles. The van der Waals surface area contributed by atoms with Gasteiger partial charge in [-0.15, -0.1) is 0 Å². The van der Waals surface area contributed by atoms with Crippen molar-refractivity contribution < 1.29 is 73.1 Å². The molecule has 0 bridgehead atoms. The van der Waals surface area contributed by atoms with Crippen molar-refractivity contribution in [3.63, 3.8) is 0 Å². The van der Waals surface area contributed by atoms with Gasteiger partial charge in [-0.3, -0.25) is 0 Å². The molecule has 16 heteroatoms. The van der Waals surface area contributed by atoms with Gasteiger partial charge in [0.2, 0.25) is 0 Å². The molecule has 0 aliphatic carbocycles. The van der Waals surface area contributed by atoms with Gasteiger partial charge in [0, 0.05) is 14.2 Å². The molecule has 0 saturated carbocycles. The Bertz CT molecular complexity index is 721. The van der Waals surface area contributed by atoms with E-state index < -0.39 is 35.9 Å². The van der Waals surface area contributed by atoms with E-state index in [0.29, 0.717) is 0 Å². The van der Waals surface area contributed by atoms with Crippen molar-refractivity contribution in [2.24, 2.45) is 0 Å². The zero-order chi connectivity index (χ0) is 29.8. The van der Waals surface area contributed by atoms with Gasteiger partial charge in [-0.05, 0) is 24.6 Å². The van der Waals surface area contributed by atoms with Crippen LogP contribution in [0.2, 0.25) is 0 Å². The maximum Gasteiger partial charge on any atom is 0.425 e. The van der Waals surface area contributed by atoms with Crippen LogP contribution in [-0.4, -0.2) is 70.6 Å². The fraction of sp³-hybridized carbons (Fsp3) is 0.500. The van der Waals surface area contributed by atoms with E-state index in [1.807, 2.05) is 0 Å². The van der Waals surface area contributed by atoms with Crippen LogP contribution < -0.4 is 0 Å². The van der Waals surface area contributed by atoms with Crippen LogP contribution in [0, 0.1) is 0 Å². The molecule has 0 saturated heterocycles. The lowest BCUT2D eigenvalue weighted by molar-refractivity contribution is -0.361. The van der Waals surface area contributed by atoms with Crippen LogP contribution in [0.25, 0.3) is 10.8 Å². The number of alkyl halides is 12. The number of hydrogen-bond acceptors (Lipinski definition) is 4. The second-order valence-corrected chi connectivity index (χ2v) is 6.48. The summed E-state index contributed by atoms with van der Waals surface area (Å²) in [5, 5.41) is 32.5. The minimum absolute atomic E-state index is 0.340. The largest absolute Gasteiger partial charge is 0.425 e. The Morgan fingerprint density at radius 1 is 0.417 bits per heavy atom. The quantitative estimate of drug-likeness (QED) is 0.310. The van der Waals surface area contributed by atoms with Gasteiger partial charge in [0.25, 0.3) is 11.2 Å². The minimum atomic E-state index is -5.69. The molecule has 0 heterocycles. The van der Waals surface area contributed by atoms with Crippen LogP contribution >= 0.6 is 0 Å². The fourth-order valence-electron chi connectivity index (χ4n) is 1.45. The summed E-state index contributed by atoms with van der Waals surface area (Å²) < 4.78 is 136. The normalized spacial score (nSPS) is 12.4. The van der Waals surface area contributed by atoms with E-state index in [1.54, 1.807) is 0 Å². The highest BCUT2D eigenvalue weighted by molar-refractivity contribution is 5.81. The summed E-state index contributed by atoms with van der Waals surface area (Å²) in [5.74, 6) is 0. The summed E-state index contributed by atoms with van der Waals surface area (Å²) in [4.78, 5) is 0. The minimum Gasteiger partial charge on any atom is -0.400 e. The van der Waals surface area contributed by atoms with E-state index in [2.05, 4.69) is 48.5 Å². The standard InChI is InChI=1S/C10H8.2C4H4F6O.2CH4O/c1-2-6-10-8-4-3-7-9(10)5-1;2*1-2(11,3(5,6)7)4(8,9)10;2*1-2/h1-8H;2*11H,1H3;2*2H,1H3. The fourth-order valence-corrected chi connectivity index (χ4v) is 1.45. The SMILES string of the molecule is CC(O)(C(F)(F)F)C(F)(F)F.CC(O)(C(F)(F)F)C(F)(F)F.CO.CO.c1ccc2ccccc2c1. The smallest absolute Gasteiger partial charge is 0.400 e. The molecule has 0 atom stereocenters. The van der Waals surface area contributed by atoms with Crippen molar-refractivity contribution in [1.29, 1.82) is 0 Å². The first kappa shape index (κ1) is 38.2. The molecular weight excluding hydrogens is 532 g/mol. The molecule has 0 aliphatic rings. The number of rotatable bonds is 0. The van der Waals surface area contributed by atoms with Crippen LogP contribution in [0.1, 0.15) is 13.8 Å². The number of aliphatic hydroxyl groups is 4. The van der Waals surface area contributed by atoms with Gasteiger partial charge < -0.3 is 20.4 Å². The van der Waals surface area contributed by atoms with Gasteiger partial charge in [0.1, 0.15) is 0 Å². The first-order valence-corrected chi connectivity index (χ1v) is 9.01. The van der Waals surface area contributed by atoms with Crippen LogP contribution in [-0.2, 0) is 0 Å². The second-order valence-electron chi connectivity index (χ2n) is 6.48. The predicted octanol–water partition coefficient (Wildman–Crippen LogP) is 5.78. The van der Waals surface area contributed by atoms with Crippen molar-refractivity contribution in [2.45, 2.75) is 49.8 Å². The monoisotopic (exact) mass is 556 g/mol. The Hall–Kier alpha value is -2.30. The molecular formula is C20H24F12O4. The van der Waals surface area contributed by atoms with E-state index in [4.69, 9.17) is 20.4 Å². The molecule has 4 N–H and O–H groups in total. The first-order valence-electron chi connectivity index (χ1n) is 9.01. The zero-order valence-electron chi connectivity index (χ0n) is 18.9. The number of fused-ring (bicyclic) bond motifs is 1. The summed E-state index contributed by atoms with van der Waals surface area (Å²) >= 11 is 0. The van der Waals surface area contributed by atoms with Gasteiger partial charge in [0.15, 0.2) is 0 Å². The molecule has 0 radical (unpaired) electrons. The summed E-state index contributed by atoms with van der Waals surface area (Å²) in [6.07, 6.45) is -22.8.